The van der Waals surface area contributed by atoms with E-state index in [4.69, 9.17) is 0 Å². The summed E-state index contributed by atoms with van der Waals surface area (Å²) in [4.78, 5) is 0. The summed E-state index contributed by atoms with van der Waals surface area (Å²) in [6, 6.07) is 7.10. The minimum atomic E-state index is -5.20. The van der Waals surface area contributed by atoms with Gasteiger partial charge < -0.3 is 5.11 Å². The predicted molar refractivity (Wildman–Crippen MR) is 74.6 cm³/mol. The number of halogens is 7. The third kappa shape index (κ3) is 3.37. The first-order valence-corrected chi connectivity index (χ1v) is 6.98. The highest BCUT2D eigenvalue weighted by Gasteiger charge is 2.56. The molecule has 124 valence electrons. The van der Waals surface area contributed by atoms with Crippen LogP contribution < -0.4 is 0 Å². The normalized spacial score (nSPS) is 15.3. The summed E-state index contributed by atoms with van der Waals surface area (Å²) in [7, 11) is 0. The third-order valence-electron chi connectivity index (χ3n) is 3.28. The van der Waals surface area contributed by atoms with Crippen LogP contribution in [0.1, 0.15) is 16.7 Å². The van der Waals surface area contributed by atoms with E-state index in [2.05, 4.69) is 15.9 Å². The Labute approximate surface area is 135 Å². The smallest absolute Gasteiger partial charge is 0.372 e. The van der Waals surface area contributed by atoms with Crippen LogP contribution in [0.15, 0.2) is 53.0 Å². The zero-order valence-electron chi connectivity index (χ0n) is 11.2. The van der Waals surface area contributed by atoms with Crippen LogP contribution in [0.4, 0.5) is 26.3 Å². The molecule has 2 rings (SSSR count). The minimum absolute atomic E-state index is 0.301. The highest BCUT2D eigenvalue weighted by atomic mass is 79.9. The first kappa shape index (κ1) is 17.8. The number of benzene rings is 2. The van der Waals surface area contributed by atoms with Crippen molar-refractivity contribution in [2.24, 2.45) is 0 Å². The average molecular weight is 399 g/mol. The molecule has 0 heterocycles. The number of alkyl halides is 6. The Balaban J connectivity index is 2.67. The van der Waals surface area contributed by atoms with E-state index >= 15 is 0 Å². The van der Waals surface area contributed by atoms with Crippen molar-refractivity contribution in [3.8, 4) is 0 Å². The van der Waals surface area contributed by atoms with Gasteiger partial charge in [-0.05, 0) is 35.4 Å². The van der Waals surface area contributed by atoms with Crippen molar-refractivity contribution < 1.29 is 31.4 Å². The van der Waals surface area contributed by atoms with Crippen LogP contribution in [0, 0.1) is 0 Å². The quantitative estimate of drug-likeness (QED) is 0.683. The molecule has 0 bridgehead atoms. The molecule has 0 aliphatic rings. The number of hydrogen-bond donors (Lipinski definition) is 1. The van der Waals surface area contributed by atoms with Gasteiger partial charge in [0.2, 0.25) is 5.60 Å². The Morgan fingerprint density at radius 1 is 0.739 bits per heavy atom. The molecule has 0 aromatic heterocycles. The van der Waals surface area contributed by atoms with Gasteiger partial charge in [0.15, 0.2) is 0 Å². The first-order valence-electron chi connectivity index (χ1n) is 6.19. The zero-order valence-corrected chi connectivity index (χ0v) is 12.8. The third-order valence-corrected chi connectivity index (χ3v) is 3.81. The van der Waals surface area contributed by atoms with Crippen LogP contribution >= 0.6 is 15.9 Å². The van der Waals surface area contributed by atoms with E-state index in [1.54, 1.807) is 0 Å². The number of aliphatic hydroxyl groups is 1. The van der Waals surface area contributed by atoms with Crippen molar-refractivity contribution in [3.63, 3.8) is 0 Å². The van der Waals surface area contributed by atoms with Crippen molar-refractivity contribution in [1.29, 1.82) is 0 Å². The second kappa shape index (κ2) is 5.83. The largest absolute Gasteiger partial charge is 0.425 e. The van der Waals surface area contributed by atoms with Crippen LogP contribution in [-0.4, -0.2) is 11.3 Å². The SMILES string of the molecule is OC(c1ccc(Br)cc1)(c1cccc(C(F)(F)F)c1)C(F)(F)F. The molecule has 2 aromatic rings. The lowest BCUT2D eigenvalue weighted by atomic mass is 9.85. The van der Waals surface area contributed by atoms with E-state index in [-0.39, 0.29) is 0 Å². The second-order valence-electron chi connectivity index (χ2n) is 4.79. The van der Waals surface area contributed by atoms with E-state index in [0.29, 0.717) is 16.6 Å². The van der Waals surface area contributed by atoms with E-state index in [0.717, 1.165) is 24.3 Å². The van der Waals surface area contributed by atoms with Crippen LogP contribution in [0.2, 0.25) is 0 Å². The minimum Gasteiger partial charge on any atom is -0.372 e. The van der Waals surface area contributed by atoms with Gasteiger partial charge in [-0.1, -0.05) is 40.2 Å². The molecule has 8 heteroatoms. The Bertz CT molecular complexity index is 692. The zero-order chi connectivity index (χ0) is 17.5. The van der Waals surface area contributed by atoms with E-state index in [1.165, 1.54) is 12.1 Å². The molecule has 2 aromatic carbocycles. The van der Waals surface area contributed by atoms with Gasteiger partial charge in [-0.2, -0.15) is 26.3 Å². The van der Waals surface area contributed by atoms with Gasteiger partial charge in [-0.3, -0.25) is 0 Å². The molecule has 0 aliphatic carbocycles. The van der Waals surface area contributed by atoms with Gasteiger partial charge in [-0.15, -0.1) is 0 Å². The lowest BCUT2D eigenvalue weighted by Crippen LogP contribution is -2.43. The van der Waals surface area contributed by atoms with E-state index < -0.39 is 34.6 Å². The highest BCUT2D eigenvalue weighted by molar-refractivity contribution is 9.10. The maximum Gasteiger partial charge on any atom is 0.425 e. The van der Waals surface area contributed by atoms with Crippen molar-refractivity contribution in [3.05, 3.63) is 69.7 Å². The molecule has 0 aliphatic heterocycles. The van der Waals surface area contributed by atoms with Gasteiger partial charge in [0.1, 0.15) is 0 Å². The Hall–Kier alpha value is -1.54. The molecule has 1 atom stereocenters. The average Bonchev–Trinajstić information content (AvgIpc) is 2.45. The predicted octanol–water partition coefficient (Wildman–Crippen LogP) is 5.27. The molecule has 1 N–H and O–H groups in total. The van der Waals surface area contributed by atoms with Gasteiger partial charge >= 0.3 is 12.4 Å². The molecule has 1 nitrogen and oxygen atoms in total. The maximum atomic E-state index is 13.5. The highest BCUT2D eigenvalue weighted by Crippen LogP contribution is 2.45. The topological polar surface area (TPSA) is 20.2 Å². The van der Waals surface area contributed by atoms with Gasteiger partial charge in [0.25, 0.3) is 0 Å². The summed E-state index contributed by atoms with van der Waals surface area (Å²) in [6.07, 6.45) is -10.0. The van der Waals surface area contributed by atoms with Crippen molar-refractivity contribution in [1.82, 2.24) is 0 Å². The Morgan fingerprint density at radius 3 is 1.74 bits per heavy atom. The van der Waals surface area contributed by atoms with Crippen molar-refractivity contribution in [2.75, 3.05) is 0 Å². The number of hydrogen-bond acceptors (Lipinski definition) is 1. The summed E-state index contributed by atoms with van der Waals surface area (Å²) in [6.45, 7) is 0. The van der Waals surface area contributed by atoms with Crippen LogP contribution in [-0.2, 0) is 11.8 Å². The Morgan fingerprint density at radius 2 is 1.26 bits per heavy atom. The fourth-order valence-corrected chi connectivity index (χ4v) is 2.37. The van der Waals surface area contributed by atoms with Crippen LogP contribution in [0.25, 0.3) is 0 Å². The molecule has 0 amide bonds. The summed E-state index contributed by atoms with van der Waals surface area (Å²) in [5, 5.41) is 10.3. The Kier molecular flexibility index (Phi) is 4.51. The monoisotopic (exact) mass is 398 g/mol. The molecule has 0 saturated heterocycles. The fourth-order valence-electron chi connectivity index (χ4n) is 2.11. The molecule has 0 saturated carbocycles. The molecular formula is C15H9BrF6O. The summed E-state index contributed by atoms with van der Waals surface area (Å²) in [5.41, 5.74) is -6.29. The number of rotatable bonds is 2. The van der Waals surface area contributed by atoms with Gasteiger partial charge in [0, 0.05) is 4.47 Å². The summed E-state index contributed by atoms with van der Waals surface area (Å²) in [5.74, 6) is 0. The lowest BCUT2D eigenvalue weighted by Gasteiger charge is -2.32. The standard InChI is InChI=1S/C15H9BrF6O/c16-12-6-4-9(5-7-12)13(23,15(20,21)22)10-2-1-3-11(8-10)14(17,18)19/h1-8,23H. The van der Waals surface area contributed by atoms with Crippen LogP contribution in [0.5, 0.6) is 0 Å². The van der Waals surface area contributed by atoms with Crippen LogP contribution in [0.3, 0.4) is 0 Å². The van der Waals surface area contributed by atoms with Gasteiger partial charge in [-0.25, -0.2) is 0 Å². The molecular weight excluding hydrogens is 390 g/mol. The first-order chi connectivity index (χ1) is 10.5. The molecule has 1 unspecified atom stereocenters. The fraction of sp³-hybridized carbons (Fsp3) is 0.200. The van der Waals surface area contributed by atoms with E-state index in [1.807, 2.05) is 0 Å². The van der Waals surface area contributed by atoms with Crippen molar-refractivity contribution in [2.45, 2.75) is 18.0 Å². The molecule has 0 spiro atoms. The van der Waals surface area contributed by atoms with Crippen molar-refractivity contribution >= 4 is 15.9 Å². The van der Waals surface area contributed by atoms with Gasteiger partial charge in [0.05, 0.1) is 5.56 Å². The summed E-state index contributed by atoms with van der Waals surface area (Å²) >= 11 is 3.04. The molecule has 0 fully saturated rings. The molecule has 0 radical (unpaired) electrons. The van der Waals surface area contributed by atoms with E-state index in [9.17, 15) is 31.4 Å². The second-order valence-corrected chi connectivity index (χ2v) is 5.71. The molecule has 23 heavy (non-hydrogen) atoms. The summed E-state index contributed by atoms with van der Waals surface area (Å²) < 4.78 is 79.1. The lowest BCUT2D eigenvalue weighted by molar-refractivity contribution is -0.248. The maximum absolute atomic E-state index is 13.5.